The van der Waals surface area contributed by atoms with Crippen LogP contribution >= 0.6 is 0 Å². The Kier molecular flexibility index (Phi) is 5.86. The lowest BCUT2D eigenvalue weighted by atomic mass is 9.87. The SMILES string of the molecule is COC(=O)c1ccc2c(c1)[C@H](c1ccccc1F)N(c1nc(-c3nc4ccccc4o3)c(O)c(=O)n1C)CC2. The van der Waals surface area contributed by atoms with Gasteiger partial charge in [0.2, 0.25) is 11.7 Å². The third-order valence-electron chi connectivity index (χ3n) is 6.99. The maximum absolute atomic E-state index is 15.3. The number of hydrogen-bond donors (Lipinski definition) is 1. The summed E-state index contributed by atoms with van der Waals surface area (Å²) in [5.74, 6) is -1.42. The number of esters is 1. The Hall–Kier alpha value is -4.99. The van der Waals surface area contributed by atoms with E-state index in [9.17, 15) is 14.7 Å². The molecular weight excluding hydrogens is 503 g/mol. The van der Waals surface area contributed by atoms with Crippen LogP contribution in [0.25, 0.3) is 22.7 Å². The summed E-state index contributed by atoms with van der Waals surface area (Å²) >= 11 is 0. The van der Waals surface area contributed by atoms with E-state index in [2.05, 4.69) is 9.97 Å². The van der Waals surface area contributed by atoms with Crippen molar-refractivity contribution in [1.82, 2.24) is 14.5 Å². The molecule has 39 heavy (non-hydrogen) atoms. The summed E-state index contributed by atoms with van der Waals surface area (Å²) in [6.45, 7) is 0.377. The van der Waals surface area contributed by atoms with Crippen molar-refractivity contribution in [1.29, 1.82) is 0 Å². The Balaban J connectivity index is 1.57. The Morgan fingerprint density at radius 3 is 2.62 bits per heavy atom. The van der Waals surface area contributed by atoms with Crippen LogP contribution in [0, 0.1) is 5.82 Å². The number of halogens is 1. The summed E-state index contributed by atoms with van der Waals surface area (Å²) in [6.07, 6.45) is 0.538. The lowest BCUT2D eigenvalue weighted by Gasteiger charge is -2.39. The van der Waals surface area contributed by atoms with E-state index >= 15 is 4.39 Å². The number of ether oxygens (including phenoxy) is 1. The molecule has 0 saturated carbocycles. The summed E-state index contributed by atoms with van der Waals surface area (Å²) in [5.41, 5.74) is 2.45. The van der Waals surface area contributed by atoms with E-state index in [1.54, 1.807) is 59.5 Å². The summed E-state index contributed by atoms with van der Waals surface area (Å²) in [4.78, 5) is 36.4. The molecule has 1 N–H and O–H groups in total. The quantitative estimate of drug-likeness (QED) is 0.344. The molecule has 3 aromatic carbocycles. The first kappa shape index (κ1) is 24.4. The average molecular weight is 527 g/mol. The second-order valence-electron chi connectivity index (χ2n) is 9.23. The highest BCUT2D eigenvalue weighted by Crippen LogP contribution is 2.40. The molecule has 0 unspecified atom stereocenters. The van der Waals surface area contributed by atoms with Crippen molar-refractivity contribution in [2.75, 3.05) is 18.6 Å². The first-order valence-electron chi connectivity index (χ1n) is 12.3. The van der Waals surface area contributed by atoms with Crippen molar-refractivity contribution in [3.63, 3.8) is 0 Å². The number of anilines is 1. The molecule has 9 nitrogen and oxygen atoms in total. The van der Waals surface area contributed by atoms with Crippen molar-refractivity contribution in [3.8, 4) is 17.3 Å². The second kappa shape index (κ2) is 9.39. The minimum Gasteiger partial charge on any atom is -0.501 e. The van der Waals surface area contributed by atoms with E-state index in [4.69, 9.17) is 9.15 Å². The molecular formula is C29H23FN4O5. The van der Waals surface area contributed by atoms with E-state index < -0.39 is 29.1 Å². The van der Waals surface area contributed by atoms with Crippen LogP contribution in [0.15, 0.2) is 75.9 Å². The Labute approximate surface area is 221 Å². The second-order valence-corrected chi connectivity index (χ2v) is 9.23. The third-order valence-corrected chi connectivity index (χ3v) is 6.99. The van der Waals surface area contributed by atoms with Crippen LogP contribution in [-0.4, -0.2) is 39.3 Å². The zero-order valence-electron chi connectivity index (χ0n) is 21.1. The molecule has 0 radical (unpaired) electrons. The fourth-order valence-corrected chi connectivity index (χ4v) is 5.07. The highest BCUT2D eigenvalue weighted by Gasteiger charge is 2.35. The molecule has 0 saturated heterocycles. The Morgan fingerprint density at radius 2 is 1.85 bits per heavy atom. The average Bonchev–Trinajstić information content (AvgIpc) is 3.39. The number of benzene rings is 3. The molecule has 0 amide bonds. The smallest absolute Gasteiger partial charge is 0.337 e. The number of aromatic nitrogens is 3. The standard InChI is InChI=1S/C29H23FN4O5/c1-33-27(36)25(35)23(26-31-21-9-5-6-10-22(21)39-26)32-29(33)34-14-13-16-11-12-17(28(37)38-2)15-19(16)24(34)18-7-3-4-8-20(18)30/h3-12,15,24,35H,13-14H2,1-2H3/t24-/m0/s1. The fraction of sp³-hybridized carbons (Fsp3) is 0.172. The number of methoxy groups -OCH3 is 1. The van der Waals surface area contributed by atoms with Crippen LogP contribution < -0.4 is 10.5 Å². The normalized spacial score (nSPS) is 14.8. The first-order valence-corrected chi connectivity index (χ1v) is 12.3. The predicted octanol–water partition coefficient (Wildman–Crippen LogP) is 4.37. The van der Waals surface area contributed by atoms with Gasteiger partial charge in [0.05, 0.1) is 18.7 Å². The summed E-state index contributed by atoms with van der Waals surface area (Å²) in [6, 6.07) is 17.8. The van der Waals surface area contributed by atoms with Crippen LogP contribution in [0.4, 0.5) is 10.3 Å². The Morgan fingerprint density at radius 1 is 1.08 bits per heavy atom. The molecule has 1 aliphatic rings. The molecule has 0 aliphatic carbocycles. The van der Waals surface area contributed by atoms with Crippen molar-refractivity contribution >= 4 is 23.0 Å². The van der Waals surface area contributed by atoms with Gasteiger partial charge in [-0.1, -0.05) is 36.4 Å². The minimum absolute atomic E-state index is 0.0134. The van der Waals surface area contributed by atoms with Gasteiger partial charge in [0.15, 0.2) is 11.3 Å². The number of fused-ring (bicyclic) bond motifs is 2. The van der Waals surface area contributed by atoms with Crippen molar-refractivity contribution in [3.05, 3.63) is 105 Å². The molecule has 1 atom stereocenters. The topological polar surface area (TPSA) is 111 Å². The predicted molar refractivity (Wildman–Crippen MR) is 141 cm³/mol. The van der Waals surface area contributed by atoms with Gasteiger partial charge >= 0.3 is 5.97 Å². The lowest BCUT2D eigenvalue weighted by Crippen LogP contribution is -2.40. The van der Waals surface area contributed by atoms with E-state index in [1.807, 2.05) is 6.07 Å². The van der Waals surface area contributed by atoms with Crippen LogP contribution in [0.3, 0.4) is 0 Å². The van der Waals surface area contributed by atoms with E-state index in [1.165, 1.54) is 24.8 Å². The number of hydrogen-bond acceptors (Lipinski definition) is 8. The van der Waals surface area contributed by atoms with Gasteiger partial charge in [-0.05, 0) is 47.9 Å². The number of oxazole rings is 1. The van der Waals surface area contributed by atoms with E-state index in [0.717, 1.165) is 5.56 Å². The zero-order valence-corrected chi connectivity index (χ0v) is 21.1. The van der Waals surface area contributed by atoms with Gasteiger partial charge in [-0.3, -0.25) is 9.36 Å². The molecule has 1 aliphatic heterocycles. The van der Waals surface area contributed by atoms with Gasteiger partial charge in [0.1, 0.15) is 11.3 Å². The monoisotopic (exact) mass is 526 g/mol. The van der Waals surface area contributed by atoms with E-state index in [-0.39, 0.29) is 17.5 Å². The number of rotatable bonds is 4. The zero-order chi connectivity index (χ0) is 27.3. The Bertz CT molecular complexity index is 1780. The lowest BCUT2D eigenvalue weighted by molar-refractivity contribution is 0.0600. The molecule has 0 spiro atoms. The number of carbonyl (C=O) groups is 1. The molecule has 3 heterocycles. The minimum atomic E-state index is -0.737. The fourth-order valence-electron chi connectivity index (χ4n) is 5.07. The molecule has 0 bridgehead atoms. The summed E-state index contributed by atoms with van der Waals surface area (Å²) in [7, 11) is 2.78. The molecule has 5 aromatic rings. The van der Waals surface area contributed by atoms with Crippen molar-refractivity contribution < 1.29 is 23.4 Å². The van der Waals surface area contributed by atoms with Crippen LogP contribution in [0.5, 0.6) is 5.75 Å². The third kappa shape index (κ3) is 4.01. The number of carbonyl (C=O) groups excluding carboxylic acids is 1. The van der Waals surface area contributed by atoms with Gasteiger partial charge < -0.3 is 19.2 Å². The first-order chi connectivity index (χ1) is 18.9. The molecule has 10 heteroatoms. The highest BCUT2D eigenvalue weighted by atomic mass is 19.1. The van der Waals surface area contributed by atoms with Gasteiger partial charge in [0.25, 0.3) is 11.4 Å². The van der Waals surface area contributed by atoms with Gasteiger partial charge in [-0.25, -0.2) is 19.2 Å². The molecule has 2 aromatic heterocycles. The number of para-hydroxylation sites is 2. The number of nitrogens with zero attached hydrogens (tertiary/aromatic N) is 4. The van der Waals surface area contributed by atoms with Crippen LogP contribution in [0.2, 0.25) is 0 Å². The maximum Gasteiger partial charge on any atom is 0.337 e. The highest BCUT2D eigenvalue weighted by molar-refractivity contribution is 5.89. The van der Waals surface area contributed by atoms with E-state index in [0.29, 0.717) is 40.8 Å². The molecule has 6 rings (SSSR count). The summed E-state index contributed by atoms with van der Waals surface area (Å²) in [5, 5.41) is 10.8. The van der Waals surface area contributed by atoms with Crippen molar-refractivity contribution in [2.24, 2.45) is 7.05 Å². The van der Waals surface area contributed by atoms with Gasteiger partial charge in [-0.2, -0.15) is 0 Å². The van der Waals surface area contributed by atoms with Gasteiger partial charge in [0, 0.05) is 19.2 Å². The number of aromatic hydroxyl groups is 1. The summed E-state index contributed by atoms with van der Waals surface area (Å²) < 4.78 is 27.2. The largest absolute Gasteiger partial charge is 0.501 e. The van der Waals surface area contributed by atoms with Crippen LogP contribution in [-0.2, 0) is 18.2 Å². The van der Waals surface area contributed by atoms with Crippen LogP contribution in [0.1, 0.15) is 33.1 Å². The van der Waals surface area contributed by atoms with Gasteiger partial charge in [-0.15, -0.1) is 0 Å². The molecule has 0 fully saturated rings. The van der Waals surface area contributed by atoms with Crippen molar-refractivity contribution in [2.45, 2.75) is 12.5 Å². The maximum atomic E-state index is 15.3. The molecule has 196 valence electrons.